The fourth-order valence-corrected chi connectivity index (χ4v) is 2.53. The van der Waals surface area contributed by atoms with Crippen LogP contribution >= 0.6 is 0 Å². The summed E-state index contributed by atoms with van der Waals surface area (Å²) in [7, 11) is 0. The van der Waals surface area contributed by atoms with E-state index in [9.17, 15) is 19.5 Å². The molecular formula is C12H19N3O6. The van der Waals surface area contributed by atoms with Crippen molar-refractivity contribution in [1.29, 1.82) is 0 Å². The number of nitrogens with one attached hydrogen (secondary N) is 1. The SMILES string of the molecule is O=C(O)CC1C(=O)NCCN1C(=O)N1CCOCC1CO. The second-order valence-electron chi connectivity index (χ2n) is 4.99. The minimum atomic E-state index is -1.14. The predicted molar refractivity (Wildman–Crippen MR) is 69.6 cm³/mol. The molecule has 0 bridgehead atoms. The van der Waals surface area contributed by atoms with Gasteiger partial charge in [0.2, 0.25) is 5.91 Å². The molecule has 2 rings (SSSR count). The van der Waals surface area contributed by atoms with E-state index in [0.29, 0.717) is 13.2 Å². The molecule has 2 aliphatic heterocycles. The minimum Gasteiger partial charge on any atom is -0.481 e. The number of ether oxygens (including phenoxy) is 1. The summed E-state index contributed by atoms with van der Waals surface area (Å²) in [4.78, 5) is 38.0. The predicted octanol–water partition coefficient (Wildman–Crippen LogP) is -1.93. The average molecular weight is 301 g/mol. The van der Waals surface area contributed by atoms with E-state index in [2.05, 4.69) is 5.32 Å². The van der Waals surface area contributed by atoms with E-state index in [0.717, 1.165) is 0 Å². The summed E-state index contributed by atoms with van der Waals surface area (Å²) in [6, 6.07) is -1.92. The molecule has 3 N–H and O–H groups in total. The van der Waals surface area contributed by atoms with Crippen LogP contribution in [0.2, 0.25) is 0 Å². The van der Waals surface area contributed by atoms with Crippen molar-refractivity contribution in [3.05, 3.63) is 0 Å². The molecule has 21 heavy (non-hydrogen) atoms. The minimum absolute atomic E-state index is 0.228. The summed E-state index contributed by atoms with van der Waals surface area (Å²) in [5.74, 6) is -1.61. The van der Waals surface area contributed by atoms with Crippen LogP contribution in [-0.2, 0) is 14.3 Å². The Bertz CT molecular complexity index is 429. The highest BCUT2D eigenvalue weighted by Crippen LogP contribution is 2.16. The Kier molecular flexibility index (Phi) is 4.97. The Morgan fingerprint density at radius 1 is 1.33 bits per heavy atom. The van der Waals surface area contributed by atoms with Gasteiger partial charge in [0.05, 0.1) is 32.3 Å². The van der Waals surface area contributed by atoms with E-state index in [4.69, 9.17) is 9.84 Å². The first-order valence-corrected chi connectivity index (χ1v) is 6.80. The van der Waals surface area contributed by atoms with Crippen molar-refractivity contribution in [3.8, 4) is 0 Å². The van der Waals surface area contributed by atoms with Crippen LogP contribution in [0.1, 0.15) is 6.42 Å². The van der Waals surface area contributed by atoms with Crippen molar-refractivity contribution in [2.24, 2.45) is 0 Å². The van der Waals surface area contributed by atoms with E-state index < -0.39 is 36.4 Å². The Labute approximate surface area is 121 Å². The van der Waals surface area contributed by atoms with Crippen molar-refractivity contribution in [1.82, 2.24) is 15.1 Å². The van der Waals surface area contributed by atoms with Gasteiger partial charge in [-0.15, -0.1) is 0 Å². The van der Waals surface area contributed by atoms with E-state index in [1.165, 1.54) is 9.80 Å². The molecule has 0 spiro atoms. The zero-order valence-corrected chi connectivity index (χ0v) is 11.5. The highest BCUT2D eigenvalue weighted by molar-refractivity contribution is 5.91. The number of morpholine rings is 1. The van der Waals surface area contributed by atoms with Gasteiger partial charge in [0.15, 0.2) is 0 Å². The number of urea groups is 1. The summed E-state index contributed by atoms with van der Waals surface area (Å²) < 4.78 is 5.21. The molecule has 2 fully saturated rings. The van der Waals surface area contributed by atoms with Crippen LogP contribution in [0, 0.1) is 0 Å². The molecule has 9 heteroatoms. The van der Waals surface area contributed by atoms with Gasteiger partial charge in [0.25, 0.3) is 0 Å². The van der Waals surface area contributed by atoms with Crippen LogP contribution in [0.3, 0.4) is 0 Å². The zero-order valence-electron chi connectivity index (χ0n) is 11.5. The first kappa shape index (κ1) is 15.5. The van der Waals surface area contributed by atoms with E-state index in [1.807, 2.05) is 0 Å². The van der Waals surface area contributed by atoms with E-state index in [1.54, 1.807) is 0 Å². The molecule has 0 aliphatic carbocycles. The number of carboxylic acid groups (broad SMARTS) is 1. The second-order valence-corrected chi connectivity index (χ2v) is 4.99. The normalized spacial score (nSPS) is 26.4. The average Bonchev–Trinajstić information content (AvgIpc) is 2.48. The first-order chi connectivity index (χ1) is 10.0. The molecule has 9 nitrogen and oxygen atoms in total. The number of aliphatic carboxylic acids is 1. The molecule has 2 heterocycles. The van der Waals surface area contributed by atoms with Gasteiger partial charge in [0, 0.05) is 19.6 Å². The fraction of sp³-hybridized carbons (Fsp3) is 0.750. The smallest absolute Gasteiger partial charge is 0.321 e. The number of nitrogens with zero attached hydrogens (tertiary/aromatic N) is 2. The summed E-state index contributed by atoms with van der Waals surface area (Å²) in [6.45, 7) is 1.18. The van der Waals surface area contributed by atoms with Crippen LogP contribution in [0.15, 0.2) is 0 Å². The van der Waals surface area contributed by atoms with Crippen LogP contribution in [0.4, 0.5) is 4.79 Å². The number of aliphatic hydroxyl groups excluding tert-OH is 1. The van der Waals surface area contributed by atoms with Crippen LogP contribution in [0.25, 0.3) is 0 Å². The van der Waals surface area contributed by atoms with Gasteiger partial charge in [-0.05, 0) is 0 Å². The molecule has 0 aromatic carbocycles. The number of rotatable bonds is 3. The summed E-state index contributed by atoms with van der Waals surface area (Å²) in [5.41, 5.74) is 0. The molecule has 0 saturated carbocycles. The van der Waals surface area contributed by atoms with Gasteiger partial charge in [-0.3, -0.25) is 9.59 Å². The number of amides is 3. The molecule has 0 aromatic rings. The van der Waals surface area contributed by atoms with E-state index >= 15 is 0 Å². The standard InChI is InChI=1S/C12H19N3O6/c16-6-8-7-21-4-3-14(8)12(20)15-2-1-13-11(19)9(15)5-10(17)18/h8-9,16H,1-7H2,(H,13,19)(H,17,18). The van der Waals surface area contributed by atoms with Crippen LogP contribution in [0.5, 0.6) is 0 Å². The zero-order chi connectivity index (χ0) is 15.4. The largest absolute Gasteiger partial charge is 0.481 e. The molecular weight excluding hydrogens is 282 g/mol. The number of aliphatic hydroxyl groups is 1. The molecule has 2 saturated heterocycles. The summed E-state index contributed by atoms with van der Waals surface area (Å²) >= 11 is 0. The van der Waals surface area contributed by atoms with Crippen molar-refractivity contribution in [2.45, 2.75) is 18.5 Å². The van der Waals surface area contributed by atoms with Crippen molar-refractivity contribution in [3.63, 3.8) is 0 Å². The van der Waals surface area contributed by atoms with Gasteiger partial charge in [-0.25, -0.2) is 4.79 Å². The van der Waals surface area contributed by atoms with Gasteiger partial charge >= 0.3 is 12.0 Å². The lowest BCUT2D eigenvalue weighted by Gasteiger charge is -2.41. The maximum Gasteiger partial charge on any atom is 0.321 e. The number of hydrogen-bond acceptors (Lipinski definition) is 5. The van der Waals surface area contributed by atoms with Gasteiger partial charge < -0.3 is 30.1 Å². The molecule has 2 atom stereocenters. The van der Waals surface area contributed by atoms with Crippen LogP contribution < -0.4 is 5.32 Å². The second kappa shape index (κ2) is 6.72. The fourth-order valence-electron chi connectivity index (χ4n) is 2.53. The van der Waals surface area contributed by atoms with Crippen molar-refractivity contribution in [2.75, 3.05) is 39.5 Å². The van der Waals surface area contributed by atoms with Gasteiger partial charge in [0.1, 0.15) is 6.04 Å². The Hall–Kier alpha value is -1.87. The van der Waals surface area contributed by atoms with Crippen molar-refractivity contribution >= 4 is 17.9 Å². The molecule has 3 amide bonds. The van der Waals surface area contributed by atoms with Crippen molar-refractivity contribution < 1.29 is 29.3 Å². The Balaban J connectivity index is 2.14. The molecule has 118 valence electrons. The maximum absolute atomic E-state index is 12.6. The first-order valence-electron chi connectivity index (χ1n) is 6.80. The number of piperazine rings is 1. The third kappa shape index (κ3) is 3.42. The lowest BCUT2D eigenvalue weighted by Crippen LogP contribution is -2.63. The quantitative estimate of drug-likeness (QED) is 0.559. The third-order valence-electron chi connectivity index (χ3n) is 3.63. The number of hydrogen-bond donors (Lipinski definition) is 3. The maximum atomic E-state index is 12.6. The van der Waals surface area contributed by atoms with Gasteiger partial charge in [-0.2, -0.15) is 0 Å². The molecule has 0 radical (unpaired) electrons. The molecule has 2 aliphatic rings. The topological polar surface area (TPSA) is 119 Å². The number of carboxylic acids is 1. The Morgan fingerprint density at radius 3 is 2.76 bits per heavy atom. The third-order valence-corrected chi connectivity index (χ3v) is 3.63. The highest BCUT2D eigenvalue weighted by atomic mass is 16.5. The number of carbonyl (C=O) groups is 3. The molecule has 0 aromatic heterocycles. The summed E-state index contributed by atoms with van der Waals surface area (Å²) in [5, 5.41) is 20.8. The van der Waals surface area contributed by atoms with E-state index in [-0.39, 0.29) is 26.3 Å². The Morgan fingerprint density at radius 2 is 2.10 bits per heavy atom. The number of carbonyl (C=O) groups excluding carboxylic acids is 2. The lowest BCUT2D eigenvalue weighted by atomic mass is 10.1. The lowest BCUT2D eigenvalue weighted by molar-refractivity contribution is -0.142. The van der Waals surface area contributed by atoms with Crippen LogP contribution in [-0.4, -0.2) is 89.5 Å². The monoisotopic (exact) mass is 301 g/mol. The highest BCUT2D eigenvalue weighted by Gasteiger charge is 2.39. The summed E-state index contributed by atoms with van der Waals surface area (Å²) in [6.07, 6.45) is -0.439. The van der Waals surface area contributed by atoms with Gasteiger partial charge in [-0.1, -0.05) is 0 Å². The molecule has 2 unspecified atom stereocenters.